The molecule has 2 amide bonds. The lowest BCUT2D eigenvalue weighted by atomic mass is 10.2. The second-order valence-electron chi connectivity index (χ2n) is 7.80. The number of H-pyrrole nitrogens is 2. The van der Waals surface area contributed by atoms with Gasteiger partial charge in [0.25, 0.3) is 0 Å². The number of carbonyl (C=O) groups is 1. The van der Waals surface area contributed by atoms with E-state index in [0.717, 1.165) is 49.4 Å². The summed E-state index contributed by atoms with van der Waals surface area (Å²) >= 11 is 0. The highest BCUT2D eigenvalue weighted by Gasteiger charge is 2.19. The molecule has 1 aliphatic rings. The largest absolute Gasteiger partial charge is 0.379 e. The number of amides is 2. The van der Waals surface area contributed by atoms with Crippen LogP contribution in [-0.2, 0) is 11.3 Å². The zero-order valence-electron chi connectivity index (χ0n) is 17.8. The lowest BCUT2D eigenvalue weighted by molar-refractivity contribution is 0.0342. The molecule has 176 valence electrons. The number of nitrogens with zero attached hydrogens (tertiary/aromatic N) is 3. The molecule has 0 saturated carbocycles. The summed E-state index contributed by atoms with van der Waals surface area (Å²) in [5, 5.41) is 11.3. The summed E-state index contributed by atoms with van der Waals surface area (Å²) in [6.07, 6.45) is 1.41. The number of rotatable bonds is 5. The minimum atomic E-state index is -1.23. The van der Waals surface area contributed by atoms with Crippen LogP contribution in [0.1, 0.15) is 5.56 Å². The van der Waals surface area contributed by atoms with Gasteiger partial charge >= 0.3 is 6.03 Å². The van der Waals surface area contributed by atoms with Crippen molar-refractivity contribution in [3.8, 4) is 11.5 Å². The first kappa shape index (κ1) is 21.9. The van der Waals surface area contributed by atoms with E-state index in [9.17, 15) is 18.0 Å². The number of imidazole rings is 1. The average molecular weight is 471 g/mol. The van der Waals surface area contributed by atoms with Crippen LogP contribution in [0.5, 0.6) is 0 Å². The van der Waals surface area contributed by atoms with Crippen molar-refractivity contribution in [3.05, 3.63) is 59.5 Å². The number of carbonyl (C=O) groups excluding carboxylic acids is 1. The molecule has 3 heterocycles. The molecule has 0 spiro atoms. The highest BCUT2D eigenvalue weighted by atomic mass is 19.1. The van der Waals surface area contributed by atoms with Gasteiger partial charge in [0.2, 0.25) is 0 Å². The molecule has 9 nitrogen and oxygen atoms in total. The Balaban J connectivity index is 1.33. The number of ether oxygens (including phenoxy) is 1. The number of hydrogen-bond donors (Lipinski definition) is 4. The molecule has 0 bridgehead atoms. The van der Waals surface area contributed by atoms with E-state index >= 15 is 0 Å². The maximum absolute atomic E-state index is 13.8. The normalized spacial score (nSPS) is 14.4. The van der Waals surface area contributed by atoms with Gasteiger partial charge < -0.3 is 20.4 Å². The van der Waals surface area contributed by atoms with Crippen LogP contribution in [0, 0.1) is 17.5 Å². The predicted octanol–water partition coefficient (Wildman–Crippen LogP) is 3.85. The maximum atomic E-state index is 13.8. The fourth-order valence-electron chi connectivity index (χ4n) is 3.77. The minimum Gasteiger partial charge on any atom is -0.379 e. The summed E-state index contributed by atoms with van der Waals surface area (Å²) in [6, 6.07) is 5.94. The number of urea groups is 1. The second kappa shape index (κ2) is 9.15. The van der Waals surface area contributed by atoms with Gasteiger partial charge in [0.1, 0.15) is 11.5 Å². The molecule has 34 heavy (non-hydrogen) atoms. The van der Waals surface area contributed by atoms with Gasteiger partial charge in [-0.15, -0.1) is 0 Å². The van der Waals surface area contributed by atoms with Crippen molar-refractivity contribution >= 4 is 28.4 Å². The van der Waals surface area contributed by atoms with Crippen molar-refractivity contribution in [2.45, 2.75) is 6.54 Å². The molecule has 5 rings (SSSR count). The smallest absolute Gasteiger partial charge is 0.323 e. The van der Waals surface area contributed by atoms with Crippen molar-refractivity contribution < 1.29 is 22.7 Å². The molecule has 1 fully saturated rings. The Kier molecular flexibility index (Phi) is 5.90. The number of hydrogen-bond acceptors (Lipinski definition) is 5. The van der Waals surface area contributed by atoms with E-state index in [4.69, 9.17) is 4.74 Å². The number of aromatic nitrogens is 4. The molecule has 4 aromatic rings. The third-order valence-corrected chi connectivity index (χ3v) is 5.42. The first-order chi connectivity index (χ1) is 16.5. The summed E-state index contributed by atoms with van der Waals surface area (Å²) in [5.41, 5.74) is 2.40. The minimum absolute atomic E-state index is 0.230. The zero-order valence-corrected chi connectivity index (χ0v) is 17.8. The Labute approximate surface area is 191 Å². The number of fused-ring (bicyclic) bond motifs is 1. The molecule has 0 aliphatic carbocycles. The Morgan fingerprint density at radius 3 is 2.62 bits per heavy atom. The molecule has 0 atom stereocenters. The molecule has 0 unspecified atom stereocenters. The monoisotopic (exact) mass is 471 g/mol. The molecule has 12 heteroatoms. The van der Waals surface area contributed by atoms with Gasteiger partial charge in [-0.1, -0.05) is 6.07 Å². The fraction of sp³-hybridized carbons (Fsp3) is 0.227. The molecule has 4 N–H and O–H groups in total. The molecule has 2 aromatic carbocycles. The summed E-state index contributed by atoms with van der Waals surface area (Å²) in [6.45, 7) is 3.97. The fourth-order valence-corrected chi connectivity index (χ4v) is 3.77. The van der Waals surface area contributed by atoms with E-state index in [0.29, 0.717) is 23.7 Å². The SMILES string of the molecule is O=C(Nc1c[nH]nc1-c1nc2cc(CN3CCOCC3)ccc2[nH]1)Nc1c(F)cc(F)cc1F. The summed E-state index contributed by atoms with van der Waals surface area (Å²) < 4.78 is 46.1. The van der Waals surface area contributed by atoms with Crippen LogP contribution in [0.4, 0.5) is 29.3 Å². The number of nitrogens with one attached hydrogen (secondary N) is 4. The standard InChI is InChI=1S/C22H20F3N7O2/c23-13-8-14(24)19(15(25)9-13)30-22(33)29-18-10-26-31-20(18)21-27-16-2-1-12(7-17(16)28-21)11-32-3-5-34-6-4-32/h1-2,7-10H,3-6,11H2,(H,26,31)(H,27,28)(H2,29,30,33). The third-order valence-electron chi connectivity index (χ3n) is 5.42. The van der Waals surface area contributed by atoms with Gasteiger partial charge in [0.05, 0.1) is 29.9 Å². The second-order valence-corrected chi connectivity index (χ2v) is 7.80. The zero-order chi connectivity index (χ0) is 23.7. The Bertz CT molecular complexity index is 1320. The Morgan fingerprint density at radius 1 is 1.09 bits per heavy atom. The molecule has 1 aliphatic heterocycles. The molecule has 0 radical (unpaired) electrons. The number of morpholine rings is 1. The van der Waals surface area contributed by atoms with Crippen LogP contribution in [0.3, 0.4) is 0 Å². The molecule has 1 saturated heterocycles. The van der Waals surface area contributed by atoms with Crippen molar-refractivity contribution in [1.29, 1.82) is 0 Å². The van der Waals surface area contributed by atoms with Crippen LogP contribution in [0.25, 0.3) is 22.6 Å². The number of benzene rings is 2. The van der Waals surface area contributed by atoms with E-state index in [1.165, 1.54) is 6.20 Å². The Morgan fingerprint density at radius 2 is 1.85 bits per heavy atom. The number of halogens is 3. The van der Waals surface area contributed by atoms with Crippen molar-refractivity contribution in [3.63, 3.8) is 0 Å². The highest BCUT2D eigenvalue weighted by molar-refractivity contribution is 6.01. The summed E-state index contributed by atoms with van der Waals surface area (Å²) in [5.74, 6) is -3.15. The van der Waals surface area contributed by atoms with Crippen LogP contribution in [0.2, 0.25) is 0 Å². The van der Waals surface area contributed by atoms with E-state index in [1.54, 1.807) is 0 Å². The summed E-state index contributed by atoms with van der Waals surface area (Å²) in [7, 11) is 0. The van der Waals surface area contributed by atoms with Gasteiger partial charge in [-0.2, -0.15) is 5.10 Å². The molecular weight excluding hydrogens is 451 g/mol. The van der Waals surface area contributed by atoms with E-state index < -0.39 is 29.2 Å². The molecule has 2 aromatic heterocycles. The maximum Gasteiger partial charge on any atom is 0.323 e. The van der Waals surface area contributed by atoms with Crippen molar-refractivity contribution in [2.75, 3.05) is 36.9 Å². The van der Waals surface area contributed by atoms with E-state index in [1.807, 2.05) is 23.5 Å². The topological polar surface area (TPSA) is 111 Å². The van der Waals surface area contributed by atoms with Gasteiger partial charge in [-0.05, 0) is 17.7 Å². The predicted molar refractivity (Wildman–Crippen MR) is 119 cm³/mol. The lowest BCUT2D eigenvalue weighted by Gasteiger charge is -2.26. The average Bonchev–Trinajstić information content (AvgIpc) is 3.43. The van der Waals surface area contributed by atoms with Gasteiger partial charge in [-0.25, -0.2) is 22.9 Å². The number of aromatic amines is 2. The van der Waals surface area contributed by atoms with Crippen LogP contribution in [0.15, 0.2) is 36.5 Å². The van der Waals surface area contributed by atoms with Gasteiger partial charge in [-0.3, -0.25) is 10.00 Å². The Hall–Kier alpha value is -3.90. The van der Waals surface area contributed by atoms with Crippen LogP contribution in [-0.4, -0.2) is 57.4 Å². The highest BCUT2D eigenvalue weighted by Crippen LogP contribution is 2.27. The quantitative estimate of drug-likeness (QED) is 0.354. The summed E-state index contributed by atoms with van der Waals surface area (Å²) in [4.78, 5) is 22.4. The van der Waals surface area contributed by atoms with Gasteiger partial charge in [0, 0.05) is 38.0 Å². The van der Waals surface area contributed by atoms with Crippen molar-refractivity contribution in [2.24, 2.45) is 0 Å². The lowest BCUT2D eigenvalue weighted by Crippen LogP contribution is -2.35. The first-order valence-electron chi connectivity index (χ1n) is 10.5. The third kappa shape index (κ3) is 4.58. The number of anilines is 2. The first-order valence-corrected chi connectivity index (χ1v) is 10.5. The van der Waals surface area contributed by atoms with E-state index in [-0.39, 0.29) is 5.69 Å². The van der Waals surface area contributed by atoms with Gasteiger partial charge in [0.15, 0.2) is 23.2 Å². The molecular formula is C22H20F3N7O2. The van der Waals surface area contributed by atoms with Crippen LogP contribution < -0.4 is 10.6 Å². The van der Waals surface area contributed by atoms with E-state index in [2.05, 4.69) is 30.4 Å². The van der Waals surface area contributed by atoms with Crippen molar-refractivity contribution in [1.82, 2.24) is 25.1 Å². The van der Waals surface area contributed by atoms with Crippen LogP contribution >= 0.6 is 0 Å².